The molecule has 1 amide bonds. The first-order chi connectivity index (χ1) is 7.77. The number of para-hydroxylation sites is 1. The number of fused-ring (bicyclic) bond motifs is 1. The van der Waals surface area contributed by atoms with E-state index in [-0.39, 0.29) is 32.7 Å². The van der Waals surface area contributed by atoms with Crippen molar-refractivity contribution in [2.75, 3.05) is 6.54 Å². The molecule has 1 aromatic heterocycles. The summed E-state index contributed by atoms with van der Waals surface area (Å²) in [4.78, 5) is 14.4. The van der Waals surface area contributed by atoms with Crippen molar-refractivity contribution in [1.29, 1.82) is 0 Å². The van der Waals surface area contributed by atoms with Gasteiger partial charge in [-0.2, -0.15) is 0 Å². The predicted octanol–water partition coefficient (Wildman–Crippen LogP) is 1.44. The van der Waals surface area contributed by atoms with Crippen LogP contribution in [-0.4, -0.2) is 25.2 Å². The summed E-state index contributed by atoms with van der Waals surface area (Å²) < 4.78 is 5.18. The minimum atomic E-state index is -0.494. The molecule has 1 N–H and O–H groups in total. The normalized spacial score (nSPS) is 9.88. The van der Waals surface area contributed by atoms with E-state index in [0.717, 1.165) is 29.5 Å². The Hall–Kier alpha value is -0.671. The fourth-order valence-corrected chi connectivity index (χ4v) is 1.58. The Morgan fingerprint density at radius 2 is 2.35 bits per heavy atom. The van der Waals surface area contributed by atoms with Gasteiger partial charge in [-0.3, -0.25) is 4.79 Å². The zero-order chi connectivity index (χ0) is 11.4. The molecule has 0 aliphatic heterocycles. The number of benzene rings is 1. The number of hydrogen-bond acceptors (Lipinski definition) is 3. The van der Waals surface area contributed by atoms with E-state index in [1.165, 1.54) is 0 Å². The van der Waals surface area contributed by atoms with E-state index in [1.54, 1.807) is 0 Å². The van der Waals surface area contributed by atoms with Crippen molar-refractivity contribution in [1.82, 2.24) is 10.3 Å². The zero-order valence-electron chi connectivity index (χ0n) is 9.27. The molecule has 0 saturated heterocycles. The molecule has 6 heteroatoms. The first-order valence-electron chi connectivity index (χ1n) is 5.05. The number of amides is 1. The summed E-state index contributed by atoms with van der Waals surface area (Å²) in [5, 5.41) is 2.54. The van der Waals surface area contributed by atoms with Crippen molar-refractivity contribution in [3.05, 3.63) is 30.2 Å². The Morgan fingerprint density at radius 1 is 1.53 bits per heavy atom. The molecule has 0 bridgehead atoms. The predicted molar refractivity (Wildman–Crippen MR) is 60.3 cm³/mol. The number of nitrogens with one attached hydrogen (secondary N) is 1. The molecule has 0 unspecified atom stereocenters. The van der Waals surface area contributed by atoms with Crippen LogP contribution in [0.3, 0.4) is 0 Å². The maximum absolute atomic E-state index is 10.5. The van der Waals surface area contributed by atoms with Crippen molar-refractivity contribution in [2.45, 2.75) is 12.8 Å². The molecule has 0 aliphatic carbocycles. The van der Waals surface area contributed by atoms with Gasteiger partial charge >= 0.3 is 0 Å². The molecular weight excluding hydrogens is 292 g/mol. The van der Waals surface area contributed by atoms with Crippen LogP contribution in [0.1, 0.15) is 12.0 Å². The van der Waals surface area contributed by atoms with Crippen LogP contribution >= 0.6 is 0 Å². The second kappa shape index (κ2) is 6.92. The van der Waals surface area contributed by atoms with Crippen molar-refractivity contribution < 1.29 is 41.9 Å². The molecule has 3 radical (unpaired) electrons. The molecule has 2 rings (SSSR count). The van der Waals surface area contributed by atoms with E-state index in [9.17, 15) is 4.79 Å². The maximum atomic E-state index is 10.5. The summed E-state index contributed by atoms with van der Waals surface area (Å²) in [5.41, 5.74) is 2.64. The average molecular weight is 302 g/mol. The largest absolute Gasteiger partial charge is 0.573 e. The van der Waals surface area contributed by atoms with Gasteiger partial charge in [-0.15, -0.1) is 6.07 Å². The number of rotatable bonds is 4. The number of aryl methyl sites for hydroxylation is 1. The van der Waals surface area contributed by atoms with Gasteiger partial charge in [-0.1, -0.05) is 17.7 Å². The SMILES string of the molecule is [B]C(=O)NCCCc1cccc2n[c-]oc12.[Y]. The number of nitrogens with zero attached hydrogens (tertiary/aromatic N) is 1. The van der Waals surface area contributed by atoms with Gasteiger partial charge in [-0.25, -0.2) is 0 Å². The number of carbonyl (C=O) groups is 1. The summed E-state index contributed by atoms with van der Waals surface area (Å²) in [7, 11) is 4.96. The van der Waals surface area contributed by atoms with Crippen LogP contribution in [0.15, 0.2) is 22.6 Å². The van der Waals surface area contributed by atoms with Gasteiger partial charge in [-0.05, 0) is 23.9 Å². The van der Waals surface area contributed by atoms with Crippen LogP contribution in [0.5, 0.6) is 0 Å². The minimum Gasteiger partial charge on any atom is -0.573 e. The van der Waals surface area contributed by atoms with E-state index in [0.29, 0.717) is 6.54 Å². The van der Waals surface area contributed by atoms with Crippen LogP contribution < -0.4 is 5.32 Å². The fourth-order valence-electron chi connectivity index (χ4n) is 1.58. The van der Waals surface area contributed by atoms with E-state index in [2.05, 4.69) is 16.7 Å². The third-order valence-electron chi connectivity index (χ3n) is 2.31. The summed E-state index contributed by atoms with van der Waals surface area (Å²) in [6, 6.07) is 5.78. The Labute approximate surface area is 126 Å². The van der Waals surface area contributed by atoms with Crippen LogP contribution in [0.25, 0.3) is 11.1 Å². The molecule has 17 heavy (non-hydrogen) atoms. The van der Waals surface area contributed by atoms with Gasteiger partial charge in [0.05, 0.1) is 0 Å². The molecule has 83 valence electrons. The zero-order valence-corrected chi connectivity index (χ0v) is 12.1. The first kappa shape index (κ1) is 14.4. The number of aromatic nitrogens is 1. The topological polar surface area (TPSA) is 55.1 Å². The first-order valence-corrected chi connectivity index (χ1v) is 5.05. The summed E-state index contributed by atoms with van der Waals surface area (Å²) in [6.45, 7) is 0.559. The molecule has 0 saturated carbocycles. The monoisotopic (exact) mass is 302 g/mol. The number of oxazole rings is 1. The van der Waals surface area contributed by atoms with Crippen LogP contribution in [-0.2, 0) is 39.1 Å². The Morgan fingerprint density at radius 3 is 3.12 bits per heavy atom. The molecular formula is C11H10BN2O2Y-. The van der Waals surface area contributed by atoms with Gasteiger partial charge < -0.3 is 14.7 Å². The maximum Gasteiger partial charge on any atom is 0.200 e. The molecule has 4 nitrogen and oxygen atoms in total. The van der Waals surface area contributed by atoms with E-state index >= 15 is 0 Å². The molecule has 1 aromatic carbocycles. The summed E-state index contributed by atoms with van der Waals surface area (Å²) in [6.07, 6.45) is 4.09. The molecule has 0 aliphatic rings. The Bertz CT molecular complexity index is 501. The smallest absolute Gasteiger partial charge is 0.200 e. The summed E-state index contributed by atoms with van der Waals surface area (Å²) >= 11 is 0. The standard InChI is InChI=1S/C11H10BN2O2.Y/c12-11(15)13-6-2-4-8-3-1-5-9-10(8)16-7-14-9;/h1,3,5H,2,4,6H2,(H,13,15);/q-1;. The van der Waals surface area contributed by atoms with Crippen LogP contribution in [0.2, 0.25) is 0 Å². The van der Waals surface area contributed by atoms with Gasteiger partial charge in [0.25, 0.3) is 0 Å². The average Bonchev–Trinajstić information content (AvgIpc) is 2.72. The molecule has 1 heterocycles. The Kier molecular flexibility index (Phi) is 5.86. The molecule has 0 atom stereocenters. The van der Waals surface area contributed by atoms with Crippen LogP contribution in [0.4, 0.5) is 4.79 Å². The van der Waals surface area contributed by atoms with Crippen molar-refractivity contribution in [2.24, 2.45) is 0 Å². The van der Waals surface area contributed by atoms with E-state index in [4.69, 9.17) is 12.3 Å². The third-order valence-corrected chi connectivity index (χ3v) is 2.31. The van der Waals surface area contributed by atoms with Crippen LogP contribution in [0, 0.1) is 6.39 Å². The van der Waals surface area contributed by atoms with Gasteiger partial charge in [0.1, 0.15) is 6.39 Å². The third kappa shape index (κ3) is 3.93. The Balaban J connectivity index is 0.00000144. The minimum absolute atomic E-state index is 0. The van der Waals surface area contributed by atoms with Gasteiger partial charge in [0, 0.05) is 39.3 Å². The molecule has 2 aromatic rings. The fraction of sp³-hybridized carbons (Fsp3) is 0.273. The second-order valence-corrected chi connectivity index (χ2v) is 3.47. The second-order valence-electron chi connectivity index (χ2n) is 3.47. The quantitative estimate of drug-likeness (QED) is 0.528. The van der Waals surface area contributed by atoms with E-state index < -0.39 is 5.81 Å². The van der Waals surface area contributed by atoms with Crippen molar-refractivity contribution in [3.8, 4) is 0 Å². The van der Waals surface area contributed by atoms with Gasteiger partial charge in [0.15, 0.2) is 13.7 Å². The van der Waals surface area contributed by atoms with Crippen molar-refractivity contribution in [3.63, 3.8) is 0 Å². The molecule has 0 spiro atoms. The molecule has 0 fully saturated rings. The summed E-state index contributed by atoms with van der Waals surface area (Å²) in [5.74, 6) is -0.494. The number of hydrogen-bond donors (Lipinski definition) is 1. The van der Waals surface area contributed by atoms with Crippen molar-refractivity contribution >= 4 is 24.8 Å². The van der Waals surface area contributed by atoms with E-state index in [1.807, 2.05) is 18.2 Å². The number of carbonyl (C=O) groups excluding carboxylic acids is 1. The van der Waals surface area contributed by atoms with Gasteiger partial charge in [0.2, 0.25) is 0 Å².